The molecule has 0 fully saturated rings. The second-order valence-electron chi connectivity index (χ2n) is 10.0. The number of hydrogen-bond acceptors (Lipinski definition) is 6. The zero-order chi connectivity index (χ0) is 29.4. The number of hydrogen-bond donors (Lipinski definition) is 2. The van der Waals surface area contributed by atoms with Gasteiger partial charge in [0, 0.05) is 29.3 Å². The largest absolute Gasteiger partial charge is 0.350 e. The number of carbonyl (C=O) groups is 2. The quantitative estimate of drug-likeness (QED) is 0.301. The average Bonchev–Trinajstić information content (AvgIpc) is 3.67. The molecule has 0 unspecified atom stereocenters. The van der Waals surface area contributed by atoms with E-state index in [4.69, 9.17) is 0 Å². The molecule has 13 heteroatoms. The predicted octanol–water partition coefficient (Wildman–Crippen LogP) is 2.55. The van der Waals surface area contributed by atoms with Crippen molar-refractivity contribution in [3.05, 3.63) is 105 Å². The third kappa shape index (κ3) is 5.21. The highest BCUT2D eigenvalue weighted by molar-refractivity contribution is 6.10. The minimum absolute atomic E-state index is 0.0331. The topological polar surface area (TPSA) is 139 Å². The lowest BCUT2D eigenvalue weighted by Gasteiger charge is -2.14. The van der Waals surface area contributed by atoms with Crippen LogP contribution in [0, 0.1) is 41.5 Å². The number of benzene rings is 1. The van der Waals surface area contributed by atoms with Gasteiger partial charge in [0.2, 0.25) is 0 Å². The van der Waals surface area contributed by atoms with Crippen molar-refractivity contribution in [3.63, 3.8) is 0 Å². The van der Waals surface area contributed by atoms with Crippen molar-refractivity contribution in [2.24, 2.45) is 0 Å². The Morgan fingerprint density at radius 3 is 1.95 bits per heavy atom. The number of carbonyl (C=O) groups excluding carboxylic acids is 2. The fourth-order valence-corrected chi connectivity index (χ4v) is 4.72. The molecule has 4 heterocycles. The molecule has 0 saturated heterocycles. The lowest BCUT2D eigenvalue weighted by molar-refractivity contribution is 0.0966. The van der Waals surface area contributed by atoms with Crippen LogP contribution in [0.4, 0.5) is 0 Å². The lowest BCUT2D eigenvalue weighted by Crippen LogP contribution is -2.32. The standard InChI is InChI=1S/C28H32N10O3/c1-17-8-7-9-23(16-17)38-28(41)34(22(6)30-38)14-15-35-25(27(40)32-37-20(4)12-13-21(37)5)24(29-33-35)26(39)31-36-18(2)10-11-19(36)3/h7-13,16H,14-15H2,1-6H3,(H,31,39)(H,32,40). The summed E-state index contributed by atoms with van der Waals surface area (Å²) in [5.74, 6) is -0.661. The minimum atomic E-state index is -0.592. The maximum absolute atomic E-state index is 13.6. The molecule has 0 aliphatic rings. The highest BCUT2D eigenvalue weighted by Crippen LogP contribution is 2.13. The fraction of sp³-hybridized carbons (Fsp3) is 0.286. The molecule has 5 aromatic rings. The van der Waals surface area contributed by atoms with E-state index in [0.717, 1.165) is 28.3 Å². The molecule has 0 atom stereocenters. The van der Waals surface area contributed by atoms with Crippen molar-refractivity contribution >= 4 is 11.8 Å². The van der Waals surface area contributed by atoms with E-state index in [9.17, 15) is 14.4 Å². The third-order valence-electron chi connectivity index (χ3n) is 6.96. The molecule has 0 radical (unpaired) electrons. The summed E-state index contributed by atoms with van der Waals surface area (Å²) in [6, 6.07) is 15.0. The van der Waals surface area contributed by atoms with E-state index in [-0.39, 0.29) is 30.2 Å². The van der Waals surface area contributed by atoms with Gasteiger partial charge in [0.1, 0.15) is 5.82 Å². The monoisotopic (exact) mass is 556 g/mol. The maximum atomic E-state index is 13.6. The van der Waals surface area contributed by atoms with Gasteiger partial charge < -0.3 is 0 Å². The summed E-state index contributed by atoms with van der Waals surface area (Å²) in [6.45, 7) is 11.3. The number of aromatic nitrogens is 8. The fourth-order valence-electron chi connectivity index (χ4n) is 4.72. The highest BCUT2D eigenvalue weighted by Gasteiger charge is 2.27. The van der Waals surface area contributed by atoms with Crippen LogP contribution in [-0.4, -0.2) is 50.5 Å². The van der Waals surface area contributed by atoms with Crippen LogP contribution in [-0.2, 0) is 13.1 Å². The molecule has 2 N–H and O–H groups in total. The Labute approximate surface area is 236 Å². The number of aryl methyl sites for hydroxylation is 7. The van der Waals surface area contributed by atoms with Gasteiger partial charge >= 0.3 is 5.69 Å². The van der Waals surface area contributed by atoms with Crippen LogP contribution >= 0.6 is 0 Å². The van der Waals surface area contributed by atoms with Gasteiger partial charge in [0.05, 0.1) is 12.2 Å². The van der Waals surface area contributed by atoms with Crippen LogP contribution in [0.1, 0.15) is 55.1 Å². The van der Waals surface area contributed by atoms with E-state index in [1.807, 2.05) is 83.1 Å². The van der Waals surface area contributed by atoms with Gasteiger partial charge in [0.15, 0.2) is 11.4 Å². The van der Waals surface area contributed by atoms with Gasteiger partial charge in [-0.3, -0.25) is 34.4 Å². The third-order valence-corrected chi connectivity index (χ3v) is 6.96. The van der Waals surface area contributed by atoms with Gasteiger partial charge in [-0.1, -0.05) is 17.3 Å². The number of nitrogens with one attached hydrogen (secondary N) is 2. The van der Waals surface area contributed by atoms with Crippen LogP contribution in [0.5, 0.6) is 0 Å². The van der Waals surface area contributed by atoms with Crippen molar-refractivity contribution in [2.75, 3.05) is 10.9 Å². The Hall–Kier alpha value is -5.20. The van der Waals surface area contributed by atoms with Crippen molar-refractivity contribution in [2.45, 2.75) is 54.6 Å². The van der Waals surface area contributed by atoms with Gasteiger partial charge in [-0.15, -0.1) is 5.10 Å². The molecule has 13 nitrogen and oxygen atoms in total. The first-order valence-electron chi connectivity index (χ1n) is 13.1. The summed E-state index contributed by atoms with van der Waals surface area (Å²) in [7, 11) is 0. The summed E-state index contributed by atoms with van der Waals surface area (Å²) in [6.07, 6.45) is 0. The molecule has 0 bridgehead atoms. The average molecular weight is 557 g/mol. The van der Waals surface area contributed by atoms with E-state index >= 15 is 0 Å². The summed E-state index contributed by atoms with van der Waals surface area (Å²) in [4.78, 5) is 40.2. The summed E-state index contributed by atoms with van der Waals surface area (Å²) in [5, 5.41) is 12.6. The van der Waals surface area contributed by atoms with Crippen LogP contribution in [0.3, 0.4) is 0 Å². The summed E-state index contributed by atoms with van der Waals surface area (Å²) < 4.78 is 7.42. The van der Waals surface area contributed by atoms with Gasteiger partial charge in [0.25, 0.3) is 11.8 Å². The second kappa shape index (κ2) is 10.8. The molecule has 0 spiro atoms. The van der Waals surface area contributed by atoms with E-state index in [1.54, 1.807) is 16.3 Å². The van der Waals surface area contributed by atoms with Crippen LogP contribution in [0.25, 0.3) is 5.69 Å². The second-order valence-corrected chi connectivity index (χ2v) is 10.0. The molecule has 0 aliphatic carbocycles. The highest BCUT2D eigenvalue weighted by atomic mass is 16.2. The van der Waals surface area contributed by atoms with Crippen molar-refractivity contribution in [3.8, 4) is 5.69 Å². The molecule has 41 heavy (non-hydrogen) atoms. The number of nitrogens with zero attached hydrogens (tertiary/aromatic N) is 8. The van der Waals surface area contributed by atoms with Crippen molar-refractivity contribution < 1.29 is 9.59 Å². The Kier molecular flexibility index (Phi) is 7.18. The zero-order valence-electron chi connectivity index (χ0n) is 23.8. The SMILES string of the molecule is Cc1cccc(-n2nc(C)n(CCn3nnc(C(=O)Nn4c(C)ccc4C)c3C(=O)Nn3c(C)ccc3C)c2=O)c1. The van der Waals surface area contributed by atoms with Gasteiger partial charge in [-0.25, -0.2) is 9.48 Å². The Morgan fingerprint density at radius 2 is 1.37 bits per heavy atom. The van der Waals surface area contributed by atoms with Crippen LogP contribution < -0.4 is 16.5 Å². The van der Waals surface area contributed by atoms with E-state index in [1.165, 1.54) is 13.9 Å². The number of rotatable bonds is 8. The van der Waals surface area contributed by atoms with Crippen molar-refractivity contribution in [1.82, 2.24) is 38.7 Å². The lowest BCUT2D eigenvalue weighted by atomic mass is 10.2. The normalized spacial score (nSPS) is 11.2. The van der Waals surface area contributed by atoms with Crippen molar-refractivity contribution in [1.29, 1.82) is 0 Å². The van der Waals surface area contributed by atoms with Gasteiger partial charge in [-0.2, -0.15) is 9.78 Å². The summed E-state index contributed by atoms with van der Waals surface area (Å²) in [5.41, 5.74) is 10.0. The Morgan fingerprint density at radius 1 is 0.780 bits per heavy atom. The zero-order valence-corrected chi connectivity index (χ0v) is 23.8. The minimum Gasteiger partial charge on any atom is -0.277 e. The first-order chi connectivity index (χ1) is 19.5. The smallest absolute Gasteiger partial charge is 0.277 e. The Balaban J connectivity index is 1.48. The Bertz CT molecular complexity index is 1790. The van der Waals surface area contributed by atoms with E-state index in [2.05, 4.69) is 26.3 Å². The van der Waals surface area contributed by atoms with Crippen LogP contribution in [0.15, 0.2) is 53.3 Å². The van der Waals surface area contributed by atoms with Crippen LogP contribution in [0.2, 0.25) is 0 Å². The molecular formula is C28H32N10O3. The van der Waals surface area contributed by atoms with Gasteiger partial charge in [-0.05, 0) is 83.5 Å². The first kappa shape index (κ1) is 27.4. The van der Waals surface area contributed by atoms with E-state index in [0.29, 0.717) is 11.5 Å². The first-order valence-corrected chi connectivity index (χ1v) is 13.1. The summed E-state index contributed by atoms with van der Waals surface area (Å²) >= 11 is 0. The molecule has 5 rings (SSSR count). The molecule has 0 aliphatic heterocycles. The molecule has 1 aromatic carbocycles. The van der Waals surface area contributed by atoms with E-state index < -0.39 is 11.8 Å². The predicted molar refractivity (Wildman–Crippen MR) is 153 cm³/mol. The maximum Gasteiger partial charge on any atom is 0.350 e. The molecular weight excluding hydrogens is 524 g/mol. The molecule has 212 valence electrons. The molecule has 4 aromatic heterocycles. The number of amides is 2. The molecule has 2 amide bonds. The molecule has 0 saturated carbocycles.